The third-order valence-corrected chi connectivity index (χ3v) is 3.40. The van der Waals surface area contributed by atoms with Gasteiger partial charge in [0.25, 0.3) is 5.56 Å². The second-order valence-electron chi connectivity index (χ2n) is 6.38. The highest BCUT2D eigenvalue weighted by Gasteiger charge is 2.21. The number of Topliss-reactive ketones (excluding diaryl/α,β-unsaturated/α-hetero) is 1. The highest BCUT2D eigenvalue weighted by Crippen LogP contribution is 2.20. The summed E-state index contributed by atoms with van der Waals surface area (Å²) in [4.78, 5) is 26.6. The van der Waals surface area contributed by atoms with Crippen molar-refractivity contribution in [3.63, 3.8) is 0 Å². The molecule has 0 fully saturated rings. The summed E-state index contributed by atoms with van der Waals surface area (Å²) in [6, 6.07) is 3.08. The van der Waals surface area contributed by atoms with Gasteiger partial charge < -0.3 is 9.47 Å². The summed E-state index contributed by atoms with van der Waals surface area (Å²) in [7, 11) is 3.98. The summed E-state index contributed by atoms with van der Waals surface area (Å²) in [5.74, 6) is 0.538. The smallest absolute Gasteiger partial charge is 0.251 e. The number of hydrogen-bond donors (Lipinski definition) is 0. The summed E-state index contributed by atoms with van der Waals surface area (Å²) in [5, 5.41) is 0. The van der Waals surface area contributed by atoms with Crippen LogP contribution in [-0.2, 0) is 11.3 Å². The Morgan fingerprint density at radius 3 is 2.48 bits per heavy atom. The molecule has 0 saturated heterocycles. The van der Waals surface area contributed by atoms with Crippen LogP contribution in [0.15, 0.2) is 23.1 Å². The Hall–Kier alpha value is -1.42. The van der Waals surface area contributed by atoms with Gasteiger partial charge in [0.1, 0.15) is 0 Å². The van der Waals surface area contributed by atoms with Crippen molar-refractivity contribution in [1.82, 2.24) is 9.47 Å². The van der Waals surface area contributed by atoms with E-state index >= 15 is 0 Å². The number of aromatic nitrogens is 1. The molecule has 1 rings (SSSR count). The lowest BCUT2D eigenvalue weighted by molar-refractivity contribution is -0.122. The minimum atomic E-state index is -0.334. The Labute approximate surface area is 127 Å². The molecule has 0 saturated carbocycles. The summed E-state index contributed by atoms with van der Waals surface area (Å²) in [6.45, 7) is 6.92. The number of ketones is 1. The van der Waals surface area contributed by atoms with Gasteiger partial charge in [-0.05, 0) is 38.4 Å². The zero-order valence-corrected chi connectivity index (χ0v) is 13.9. The summed E-state index contributed by atoms with van der Waals surface area (Å²) in [6.07, 6.45) is 3.91. The van der Waals surface area contributed by atoms with Crippen LogP contribution in [0, 0.1) is 5.92 Å². The van der Waals surface area contributed by atoms with Crippen LogP contribution in [0.3, 0.4) is 0 Å². The molecule has 21 heavy (non-hydrogen) atoms. The van der Waals surface area contributed by atoms with E-state index in [1.54, 1.807) is 10.6 Å². The van der Waals surface area contributed by atoms with Gasteiger partial charge in [-0.25, -0.2) is 0 Å². The quantitative estimate of drug-likeness (QED) is 0.740. The van der Waals surface area contributed by atoms with Crippen LogP contribution < -0.4 is 5.56 Å². The third-order valence-electron chi connectivity index (χ3n) is 3.40. The topological polar surface area (TPSA) is 42.3 Å². The first kappa shape index (κ1) is 17.6. The molecule has 0 aliphatic heterocycles. The molecule has 4 heteroatoms. The van der Waals surface area contributed by atoms with E-state index in [9.17, 15) is 9.59 Å². The van der Waals surface area contributed by atoms with Crippen LogP contribution in [-0.4, -0.2) is 29.3 Å². The maximum absolute atomic E-state index is 12.4. The molecule has 1 aromatic heterocycles. The first-order chi connectivity index (χ1) is 9.85. The molecule has 0 amide bonds. The third kappa shape index (κ3) is 5.46. The second kappa shape index (κ2) is 8.13. The predicted octanol–water partition coefficient (Wildman–Crippen LogP) is 2.87. The van der Waals surface area contributed by atoms with Crippen LogP contribution in [0.1, 0.15) is 51.6 Å². The first-order valence-corrected chi connectivity index (χ1v) is 7.73. The van der Waals surface area contributed by atoms with Crippen molar-refractivity contribution in [2.24, 2.45) is 5.92 Å². The standard InChI is InChI=1S/C17H28N2O2/c1-6-7-16(20)15(10-13(2)3)19-12-14(11-18(4)5)8-9-17(19)21/h8-9,12-13,15H,6-7,10-11H2,1-5H3. The summed E-state index contributed by atoms with van der Waals surface area (Å²) < 4.78 is 1.64. The zero-order chi connectivity index (χ0) is 16.0. The van der Waals surface area contributed by atoms with Crippen molar-refractivity contribution >= 4 is 5.78 Å². The number of carbonyl (C=O) groups excluding carboxylic acids is 1. The van der Waals surface area contributed by atoms with Gasteiger partial charge in [0.15, 0.2) is 5.78 Å². The van der Waals surface area contributed by atoms with Gasteiger partial charge in [0.2, 0.25) is 0 Å². The lowest BCUT2D eigenvalue weighted by Gasteiger charge is -2.22. The minimum absolute atomic E-state index is 0.0902. The molecule has 0 radical (unpaired) electrons. The lowest BCUT2D eigenvalue weighted by Crippen LogP contribution is -2.31. The Balaban J connectivity index is 3.16. The zero-order valence-electron chi connectivity index (χ0n) is 13.9. The van der Waals surface area contributed by atoms with Crippen molar-refractivity contribution < 1.29 is 4.79 Å². The molecule has 118 valence electrons. The number of carbonyl (C=O) groups is 1. The van der Waals surface area contributed by atoms with Gasteiger partial charge >= 0.3 is 0 Å². The largest absolute Gasteiger partial charge is 0.305 e. The van der Waals surface area contributed by atoms with Gasteiger partial charge in [-0.1, -0.05) is 26.8 Å². The molecule has 0 aromatic carbocycles. The van der Waals surface area contributed by atoms with E-state index < -0.39 is 0 Å². The van der Waals surface area contributed by atoms with Crippen LogP contribution in [0.2, 0.25) is 0 Å². The SMILES string of the molecule is CCCC(=O)C(CC(C)C)n1cc(CN(C)C)ccc1=O. The summed E-state index contributed by atoms with van der Waals surface area (Å²) in [5.41, 5.74) is 0.963. The minimum Gasteiger partial charge on any atom is -0.305 e. The molecular formula is C17H28N2O2. The van der Waals surface area contributed by atoms with E-state index in [2.05, 4.69) is 18.7 Å². The molecule has 0 N–H and O–H groups in total. The molecular weight excluding hydrogens is 264 g/mol. The van der Waals surface area contributed by atoms with E-state index in [4.69, 9.17) is 0 Å². The van der Waals surface area contributed by atoms with Crippen molar-refractivity contribution in [1.29, 1.82) is 0 Å². The average Bonchev–Trinajstić information content (AvgIpc) is 2.38. The van der Waals surface area contributed by atoms with Crippen molar-refractivity contribution in [2.45, 2.75) is 52.6 Å². The summed E-state index contributed by atoms with van der Waals surface area (Å²) >= 11 is 0. The van der Waals surface area contributed by atoms with E-state index in [1.807, 2.05) is 33.3 Å². The van der Waals surface area contributed by atoms with Crippen molar-refractivity contribution in [3.8, 4) is 0 Å². The molecule has 0 bridgehead atoms. The Morgan fingerprint density at radius 2 is 1.95 bits per heavy atom. The first-order valence-electron chi connectivity index (χ1n) is 7.73. The van der Waals surface area contributed by atoms with Gasteiger partial charge in [-0.15, -0.1) is 0 Å². The monoisotopic (exact) mass is 292 g/mol. The van der Waals surface area contributed by atoms with Gasteiger partial charge in [0, 0.05) is 25.2 Å². The van der Waals surface area contributed by atoms with Gasteiger partial charge in [-0.2, -0.15) is 0 Å². The van der Waals surface area contributed by atoms with Gasteiger partial charge in [0.05, 0.1) is 6.04 Å². The highest BCUT2D eigenvalue weighted by molar-refractivity contribution is 5.82. The molecule has 0 spiro atoms. The average molecular weight is 292 g/mol. The highest BCUT2D eigenvalue weighted by atomic mass is 16.1. The molecule has 1 atom stereocenters. The van der Waals surface area contributed by atoms with Crippen molar-refractivity contribution in [2.75, 3.05) is 14.1 Å². The van der Waals surface area contributed by atoms with Crippen LogP contribution in [0.4, 0.5) is 0 Å². The number of pyridine rings is 1. The molecule has 1 aromatic rings. The maximum Gasteiger partial charge on any atom is 0.251 e. The van der Waals surface area contributed by atoms with Crippen LogP contribution >= 0.6 is 0 Å². The predicted molar refractivity (Wildman–Crippen MR) is 86.5 cm³/mol. The normalized spacial score (nSPS) is 12.9. The fourth-order valence-corrected chi connectivity index (χ4v) is 2.51. The van der Waals surface area contributed by atoms with Crippen LogP contribution in [0.25, 0.3) is 0 Å². The Morgan fingerprint density at radius 1 is 1.29 bits per heavy atom. The molecule has 1 heterocycles. The number of rotatable bonds is 8. The van der Waals surface area contributed by atoms with E-state index in [1.165, 1.54) is 0 Å². The fraction of sp³-hybridized carbons (Fsp3) is 0.647. The molecule has 0 aliphatic carbocycles. The number of nitrogens with zero attached hydrogens (tertiary/aromatic N) is 2. The van der Waals surface area contributed by atoms with E-state index in [0.29, 0.717) is 18.8 Å². The maximum atomic E-state index is 12.4. The van der Waals surface area contributed by atoms with Gasteiger partial charge in [-0.3, -0.25) is 9.59 Å². The lowest BCUT2D eigenvalue weighted by atomic mass is 9.97. The molecule has 1 unspecified atom stereocenters. The second-order valence-corrected chi connectivity index (χ2v) is 6.38. The number of hydrogen-bond acceptors (Lipinski definition) is 3. The Kier molecular flexibility index (Phi) is 6.82. The Bertz CT molecular complexity index is 518. The molecule has 4 nitrogen and oxygen atoms in total. The van der Waals surface area contributed by atoms with Crippen LogP contribution in [0.5, 0.6) is 0 Å². The molecule has 0 aliphatic rings. The van der Waals surface area contributed by atoms with E-state index in [-0.39, 0.29) is 17.4 Å². The van der Waals surface area contributed by atoms with Crippen molar-refractivity contribution in [3.05, 3.63) is 34.2 Å². The fourth-order valence-electron chi connectivity index (χ4n) is 2.51. The van der Waals surface area contributed by atoms with E-state index in [0.717, 1.165) is 18.5 Å².